The number of nitrogens with one attached hydrogen (secondary N) is 2. The molecular weight excluding hydrogens is 362 g/mol. The van der Waals surface area contributed by atoms with Crippen molar-refractivity contribution in [3.63, 3.8) is 0 Å². The van der Waals surface area contributed by atoms with Crippen LogP contribution in [0.25, 0.3) is 0 Å². The second-order valence-corrected chi connectivity index (χ2v) is 8.79. The summed E-state index contributed by atoms with van der Waals surface area (Å²) in [4.78, 5) is 8.83. The number of aromatic nitrogens is 2. The monoisotopic (exact) mass is 393 g/mol. The van der Waals surface area contributed by atoms with Crippen molar-refractivity contribution in [2.24, 2.45) is 5.41 Å². The van der Waals surface area contributed by atoms with Crippen LogP contribution in [0.3, 0.4) is 0 Å². The van der Waals surface area contributed by atoms with Crippen LogP contribution in [0.4, 0.5) is 11.8 Å². The van der Waals surface area contributed by atoms with Crippen LogP contribution in [0.15, 0.2) is 24.4 Å². The van der Waals surface area contributed by atoms with Crippen LogP contribution in [0, 0.1) is 30.6 Å². The topological polar surface area (TPSA) is 93.9 Å². The molecule has 1 aromatic carbocycles. The van der Waals surface area contributed by atoms with Crippen LogP contribution >= 0.6 is 0 Å². The number of aryl methyl sites for hydroxylation is 2. The molecule has 1 aromatic heterocycles. The smallest absolute Gasteiger partial charge is 0.224 e. The summed E-state index contributed by atoms with van der Waals surface area (Å²) in [5, 5.41) is 26.3. The number of hydrogen-bond acceptors (Lipinski definition) is 6. The molecule has 6 heteroatoms. The van der Waals surface area contributed by atoms with Gasteiger partial charge in [-0.25, -0.2) is 4.98 Å². The predicted octanol–water partition coefficient (Wildman–Crippen LogP) is 3.97. The van der Waals surface area contributed by atoms with Crippen LogP contribution in [0.2, 0.25) is 0 Å². The van der Waals surface area contributed by atoms with Gasteiger partial charge in [-0.3, -0.25) is 0 Å². The van der Waals surface area contributed by atoms with E-state index in [9.17, 15) is 10.4 Å². The lowest BCUT2D eigenvalue weighted by molar-refractivity contribution is 0.00926. The summed E-state index contributed by atoms with van der Waals surface area (Å²) in [5.41, 5.74) is 4.16. The van der Waals surface area contributed by atoms with Gasteiger partial charge in [0.15, 0.2) is 0 Å². The Bertz CT molecular complexity index is 903. The van der Waals surface area contributed by atoms with E-state index in [0.29, 0.717) is 17.3 Å². The van der Waals surface area contributed by atoms with E-state index in [1.807, 2.05) is 0 Å². The number of nitrogens with zero attached hydrogens (tertiary/aromatic N) is 3. The molecule has 0 spiro atoms. The van der Waals surface area contributed by atoms with Gasteiger partial charge >= 0.3 is 0 Å². The predicted molar refractivity (Wildman–Crippen MR) is 116 cm³/mol. The first-order valence-corrected chi connectivity index (χ1v) is 10.3. The van der Waals surface area contributed by atoms with Crippen molar-refractivity contribution in [1.29, 1.82) is 5.26 Å². The molecule has 0 aliphatic heterocycles. The highest BCUT2D eigenvalue weighted by Crippen LogP contribution is 2.36. The van der Waals surface area contributed by atoms with E-state index in [1.165, 1.54) is 16.7 Å². The Morgan fingerprint density at radius 3 is 2.72 bits per heavy atom. The highest BCUT2D eigenvalue weighted by molar-refractivity contribution is 5.54. The minimum atomic E-state index is -0.288. The van der Waals surface area contributed by atoms with Crippen molar-refractivity contribution >= 4 is 11.8 Å². The molecule has 0 bridgehead atoms. The zero-order valence-corrected chi connectivity index (χ0v) is 17.8. The van der Waals surface area contributed by atoms with Crippen LogP contribution < -0.4 is 10.6 Å². The fourth-order valence-corrected chi connectivity index (χ4v) is 3.88. The zero-order valence-electron chi connectivity index (χ0n) is 17.8. The van der Waals surface area contributed by atoms with Crippen molar-refractivity contribution in [3.05, 3.63) is 46.6 Å². The van der Waals surface area contributed by atoms with Crippen LogP contribution in [0.1, 0.15) is 55.4 Å². The van der Waals surface area contributed by atoms with Gasteiger partial charge < -0.3 is 15.7 Å². The molecule has 29 heavy (non-hydrogen) atoms. The molecule has 0 saturated heterocycles. The number of anilines is 2. The molecule has 3 N–H and O–H groups in total. The van der Waals surface area contributed by atoms with Crippen LogP contribution in [-0.4, -0.2) is 33.8 Å². The molecule has 1 fully saturated rings. The van der Waals surface area contributed by atoms with Crippen molar-refractivity contribution in [1.82, 2.24) is 9.97 Å². The normalized spacial score (nSPS) is 20.7. The molecule has 154 valence electrons. The standard InChI is InChI=1S/C23H31N5O/c1-15-5-6-17(11-16(15)2)9-10-25-22-26-14-18(13-24)21(28-22)27-19-7-8-20(29)23(3,4)12-19/h5-6,11,14,19-20,29H,7-10,12H2,1-4H3,(H2,25,26,27,28)/t19-,20+/m1/s1. The molecule has 1 heterocycles. The van der Waals surface area contributed by atoms with E-state index in [2.05, 4.69) is 72.6 Å². The first kappa shape index (κ1) is 21.1. The maximum atomic E-state index is 10.2. The third-order valence-electron chi connectivity index (χ3n) is 5.98. The van der Waals surface area contributed by atoms with E-state index in [0.717, 1.165) is 32.2 Å². The van der Waals surface area contributed by atoms with Crippen molar-refractivity contribution in [2.75, 3.05) is 17.2 Å². The van der Waals surface area contributed by atoms with Gasteiger partial charge in [0.05, 0.1) is 12.3 Å². The van der Waals surface area contributed by atoms with E-state index < -0.39 is 0 Å². The first-order chi connectivity index (χ1) is 13.8. The van der Waals surface area contributed by atoms with Gasteiger partial charge in [0.1, 0.15) is 17.5 Å². The third-order valence-corrected chi connectivity index (χ3v) is 5.98. The summed E-state index contributed by atoms with van der Waals surface area (Å²) in [6.45, 7) is 9.12. The van der Waals surface area contributed by atoms with Crippen molar-refractivity contribution in [3.8, 4) is 6.07 Å². The number of rotatable bonds is 6. The van der Waals surface area contributed by atoms with Gasteiger partial charge in [0.2, 0.25) is 5.95 Å². The fraction of sp³-hybridized carbons (Fsp3) is 0.522. The van der Waals surface area contributed by atoms with Crippen LogP contribution in [-0.2, 0) is 6.42 Å². The average Bonchev–Trinajstić information content (AvgIpc) is 2.67. The lowest BCUT2D eigenvalue weighted by Crippen LogP contribution is -2.41. The SMILES string of the molecule is Cc1ccc(CCNc2ncc(C#N)c(N[C@@H]3CC[C@H](O)C(C)(C)C3)n2)cc1C. The lowest BCUT2D eigenvalue weighted by atomic mass is 9.73. The molecule has 2 aromatic rings. The third kappa shape index (κ3) is 5.24. The van der Waals surface area contributed by atoms with Crippen molar-refractivity contribution < 1.29 is 5.11 Å². The highest BCUT2D eigenvalue weighted by Gasteiger charge is 2.35. The molecule has 6 nitrogen and oxygen atoms in total. The molecular formula is C23H31N5O. The van der Waals surface area contributed by atoms with Gasteiger partial charge in [-0.05, 0) is 61.6 Å². The lowest BCUT2D eigenvalue weighted by Gasteiger charge is -2.40. The zero-order chi connectivity index (χ0) is 21.0. The maximum absolute atomic E-state index is 10.2. The van der Waals surface area contributed by atoms with E-state index in [-0.39, 0.29) is 17.6 Å². The highest BCUT2D eigenvalue weighted by atomic mass is 16.3. The van der Waals surface area contributed by atoms with Gasteiger partial charge in [0, 0.05) is 12.6 Å². The summed E-state index contributed by atoms with van der Waals surface area (Å²) >= 11 is 0. The Balaban J connectivity index is 1.64. The molecule has 2 atom stereocenters. The van der Waals surface area contributed by atoms with Crippen molar-refractivity contribution in [2.45, 2.75) is 65.5 Å². The van der Waals surface area contributed by atoms with Gasteiger partial charge in [-0.1, -0.05) is 32.0 Å². The van der Waals surface area contributed by atoms with E-state index in [4.69, 9.17) is 0 Å². The first-order valence-electron chi connectivity index (χ1n) is 10.3. The Kier molecular flexibility index (Phi) is 6.39. The molecule has 0 radical (unpaired) electrons. The molecule has 3 rings (SSSR count). The van der Waals surface area contributed by atoms with E-state index in [1.54, 1.807) is 6.20 Å². The second kappa shape index (κ2) is 8.79. The average molecular weight is 394 g/mol. The van der Waals surface area contributed by atoms with Crippen LogP contribution in [0.5, 0.6) is 0 Å². The Labute approximate surface area is 173 Å². The summed E-state index contributed by atoms with van der Waals surface area (Å²) in [6.07, 6.45) is 4.59. The molecule has 1 aliphatic rings. The quantitative estimate of drug-likeness (QED) is 0.687. The van der Waals surface area contributed by atoms with Gasteiger partial charge in [-0.15, -0.1) is 0 Å². The number of aliphatic hydroxyl groups excluding tert-OH is 1. The summed E-state index contributed by atoms with van der Waals surface area (Å²) in [5.74, 6) is 1.08. The Hall–Kier alpha value is -2.65. The second-order valence-electron chi connectivity index (χ2n) is 8.79. The fourth-order valence-electron chi connectivity index (χ4n) is 3.88. The number of benzene rings is 1. The number of hydrogen-bond donors (Lipinski definition) is 3. The molecule has 0 unspecified atom stereocenters. The molecule has 1 aliphatic carbocycles. The molecule has 0 amide bonds. The number of nitriles is 1. The maximum Gasteiger partial charge on any atom is 0.224 e. The van der Waals surface area contributed by atoms with E-state index >= 15 is 0 Å². The number of aliphatic hydroxyl groups is 1. The minimum Gasteiger partial charge on any atom is -0.393 e. The largest absolute Gasteiger partial charge is 0.393 e. The summed E-state index contributed by atoms with van der Waals surface area (Å²) in [7, 11) is 0. The summed E-state index contributed by atoms with van der Waals surface area (Å²) in [6, 6.07) is 8.86. The minimum absolute atomic E-state index is 0.150. The Morgan fingerprint density at radius 1 is 1.24 bits per heavy atom. The summed E-state index contributed by atoms with van der Waals surface area (Å²) < 4.78 is 0. The van der Waals surface area contributed by atoms with Gasteiger partial charge in [0.25, 0.3) is 0 Å². The van der Waals surface area contributed by atoms with Gasteiger partial charge in [-0.2, -0.15) is 10.2 Å². The molecule has 1 saturated carbocycles. The Morgan fingerprint density at radius 2 is 2.03 bits per heavy atom.